The minimum atomic E-state index is 0.647. The van der Waals surface area contributed by atoms with E-state index in [2.05, 4.69) is 54.7 Å². The summed E-state index contributed by atoms with van der Waals surface area (Å²) < 4.78 is 0. The Morgan fingerprint density at radius 3 is 2.60 bits per heavy atom. The summed E-state index contributed by atoms with van der Waals surface area (Å²) in [5.74, 6) is 0.869. The second-order valence-electron chi connectivity index (χ2n) is 6.05. The van der Waals surface area contributed by atoms with Crippen LogP contribution in [0.15, 0.2) is 42.5 Å². The van der Waals surface area contributed by atoms with E-state index in [1.54, 1.807) is 0 Å². The van der Waals surface area contributed by atoms with Crippen LogP contribution in [0.2, 0.25) is 0 Å². The van der Waals surface area contributed by atoms with Crippen LogP contribution >= 0.6 is 0 Å². The van der Waals surface area contributed by atoms with Gasteiger partial charge in [0.1, 0.15) is 0 Å². The summed E-state index contributed by atoms with van der Waals surface area (Å²) >= 11 is 0. The lowest BCUT2D eigenvalue weighted by molar-refractivity contribution is 0.363. The lowest BCUT2D eigenvalue weighted by Crippen LogP contribution is -2.37. The van der Waals surface area contributed by atoms with Gasteiger partial charge in [-0.1, -0.05) is 62.2 Å². The van der Waals surface area contributed by atoms with Gasteiger partial charge in [-0.05, 0) is 48.1 Å². The van der Waals surface area contributed by atoms with Crippen molar-refractivity contribution in [2.45, 2.75) is 45.1 Å². The van der Waals surface area contributed by atoms with Gasteiger partial charge in [0.05, 0.1) is 0 Å². The molecule has 106 valence electrons. The highest BCUT2D eigenvalue weighted by Gasteiger charge is 2.24. The molecule has 0 heterocycles. The fourth-order valence-electron chi connectivity index (χ4n) is 3.73. The number of benzene rings is 2. The fourth-order valence-corrected chi connectivity index (χ4v) is 3.73. The first-order chi connectivity index (χ1) is 9.88. The van der Waals surface area contributed by atoms with E-state index in [1.807, 2.05) is 0 Å². The van der Waals surface area contributed by atoms with Crippen LogP contribution in [0.5, 0.6) is 0 Å². The first kappa shape index (κ1) is 13.6. The van der Waals surface area contributed by atoms with Crippen molar-refractivity contribution < 1.29 is 0 Å². The minimum absolute atomic E-state index is 0.647. The largest absolute Gasteiger partial charge is 0.314 e. The maximum Gasteiger partial charge on any atom is 0.0136 e. The Bertz CT molecular complexity index is 549. The molecular formula is C19H25N. The van der Waals surface area contributed by atoms with Crippen LogP contribution in [0.3, 0.4) is 0 Å². The van der Waals surface area contributed by atoms with Crippen LogP contribution in [0.4, 0.5) is 0 Å². The molecule has 0 aliphatic heterocycles. The Kier molecular flexibility index (Phi) is 4.37. The highest BCUT2D eigenvalue weighted by atomic mass is 14.9. The van der Waals surface area contributed by atoms with E-state index in [-0.39, 0.29) is 0 Å². The zero-order chi connectivity index (χ0) is 13.8. The molecule has 1 N–H and O–H groups in total. The summed E-state index contributed by atoms with van der Waals surface area (Å²) in [6.45, 7) is 3.30. The molecule has 1 aliphatic rings. The molecule has 0 radical (unpaired) electrons. The molecule has 0 aromatic heterocycles. The van der Waals surface area contributed by atoms with E-state index in [9.17, 15) is 0 Å². The topological polar surface area (TPSA) is 12.0 Å². The standard InChI is InChI=1S/C19H25N/c1-2-20-19(16-9-3-4-10-16)14-17-12-7-11-15-8-5-6-13-18(15)17/h5-8,11-13,16,19-20H,2-4,9-10,14H2,1H3. The van der Waals surface area contributed by atoms with Gasteiger partial charge in [0.25, 0.3) is 0 Å². The Morgan fingerprint density at radius 2 is 1.80 bits per heavy atom. The van der Waals surface area contributed by atoms with Gasteiger partial charge in [-0.15, -0.1) is 0 Å². The average Bonchev–Trinajstić information content (AvgIpc) is 3.01. The summed E-state index contributed by atoms with van der Waals surface area (Å²) in [5.41, 5.74) is 1.50. The smallest absolute Gasteiger partial charge is 0.0136 e. The molecule has 0 spiro atoms. The summed E-state index contributed by atoms with van der Waals surface area (Å²) in [6, 6.07) is 16.1. The summed E-state index contributed by atoms with van der Waals surface area (Å²) in [5, 5.41) is 6.53. The van der Waals surface area contributed by atoms with Crippen molar-refractivity contribution in [3.8, 4) is 0 Å². The monoisotopic (exact) mass is 267 g/mol. The molecule has 3 rings (SSSR count). The number of rotatable bonds is 5. The van der Waals surface area contributed by atoms with Gasteiger partial charge in [0.2, 0.25) is 0 Å². The zero-order valence-electron chi connectivity index (χ0n) is 12.4. The maximum atomic E-state index is 3.74. The van der Waals surface area contributed by atoms with Crippen molar-refractivity contribution in [3.05, 3.63) is 48.0 Å². The van der Waals surface area contributed by atoms with E-state index < -0.39 is 0 Å². The van der Waals surface area contributed by atoms with Gasteiger partial charge in [0, 0.05) is 6.04 Å². The molecule has 2 aromatic rings. The van der Waals surface area contributed by atoms with Gasteiger partial charge in [-0.2, -0.15) is 0 Å². The Morgan fingerprint density at radius 1 is 1.05 bits per heavy atom. The minimum Gasteiger partial charge on any atom is -0.314 e. The molecule has 1 saturated carbocycles. The summed E-state index contributed by atoms with van der Waals surface area (Å²) in [7, 11) is 0. The van der Waals surface area contributed by atoms with E-state index in [0.717, 1.165) is 12.5 Å². The van der Waals surface area contributed by atoms with Crippen LogP contribution in [0, 0.1) is 5.92 Å². The molecule has 1 aliphatic carbocycles. The van der Waals surface area contributed by atoms with Gasteiger partial charge < -0.3 is 5.32 Å². The zero-order valence-corrected chi connectivity index (χ0v) is 12.4. The number of nitrogens with one attached hydrogen (secondary N) is 1. The third kappa shape index (κ3) is 2.88. The summed E-state index contributed by atoms with van der Waals surface area (Å²) in [6.07, 6.45) is 6.81. The van der Waals surface area contributed by atoms with Crippen molar-refractivity contribution in [2.75, 3.05) is 6.54 Å². The number of likely N-dealkylation sites (N-methyl/N-ethyl adjacent to an activating group) is 1. The van der Waals surface area contributed by atoms with Crippen molar-refractivity contribution >= 4 is 10.8 Å². The molecule has 1 fully saturated rings. The van der Waals surface area contributed by atoms with Crippen LogP contribution in [0.25, 0.3) is 10.8 Å². The van der Waals surface area contributed by atoms with Crippen LogP contribution in [0.1, 0.15) is 38.2 Å². The van der Waals surface area contributed by atoms with Crippen molar-refractivity contribution in [1.29, 1.82) is 0 Å². The van der Waals surface area contributed by atoms with Crippen molar-refractivity contribution in [2.24, 2.45) is 5.92 Å². The van der Waals surface area contributed by atoms with Crippen LogP contribution in [-0.2, 0) is 6.42 Å². The Labute approximate surface area is 122 Å². The van der Waals surface area contributed by atoms with E-state index in [4.69, 9.17) is 0 Å². The first-order valence-corrected chi connectivity index (χ1v) is 8.08. The molecule has 1 atom stereocenters. The maximum absolute atomic E-state index is 3.74. The molecule has 1 heteroatoms. The molecule has 1 nitrogen and oxygen atoms in total. The lowest BCUT2D eigenvalue weighted by Gasteiger charge is -2.25. The van der Waals surface area contributed by atoms with E-state index in [1.165, 1.54) is 48.4 Å². The number of fused-ring (bicyclic) bond motifs is 1. The third-order valence-corrected chi connectivity index (χ3v) is 4.75. The van der Waals surface area contributed by atoms with Crippen LogP contribution < -0.4 is 5.32 Å². The lowest BCUT2D eigenvalue weighted by atomic mass is 9.90. The average molecular weight is 267 g/mol. The Hall–Kier alpha value is -1.34. The molecule has 1 unspecified atom stereocenters. The molecule has 0 bridgehead atoms. The number of hydrogen-bond acceptors (Lipinski definition) is 1. The molecule has 0 amide bonds. The summed E-state index contributed by atoms with van der Waals surface area (Å²) in [4.78, 5) is 0. The quantitative estimate of drug-likeness (QED) is 0.838. The molecule has 2 aromatic carbocycles. The van der Waals surface area contributed by atoms with Gasteiger partial charge in [-0.3, -0.25) is 0 Å². The van der Waals surface area contributed by atoms with Crippen LogP contribution in [-0.4, -0.2) is 12.6 Å². The second-order valence-corrected chi connectivity index (χ2v) is 6.05. The second kappa shape index (κ2) is 6.41. The SMILES string of the molecule is CCNC(Cc1cccc2ccccc12)C1CCCC1. The van der Waals surface area contributed by atoms with Gasteiger partial charge in [0.15, 0.2) is 0 Å². The Balaban J connectivity index is 1.86. The van der Waals surface area contributed by atoms with Crippen molar-refractivity contribution in [3.63, 3.8) is 0 Å². The molecular weight excluding hydrogens is 242 g/mol. The van der Waals surface area contributed by atoms with Crippen molar-refractivity contribution in [1.82, 2.24) is 5.32 Å². The van der Waals surface area contributed by atoms with Gasteiger partial charge in [-0.25, -0.2) is 0 Å². The van der Waals surface area contributed by atoms with E-state index >= 15 is 0 Å². The van der Waals surface area contributed by atoms with E-state index in [0.29, 0.717) is 6.04 Å². The fraction of sp³-hybridized carbons (Fsp3) is 0.474. The predicted octanol–water partition coefficient (Wildman–Crippen LogP) is 4.55. The molecule has 20 heavy (non-hydrogen) atoms. The first-order valence-electron chi connectivity index (χ1n) is 8.08. The third-order valence-electron chi connectivity index (χ3n) is 4.75. The highest BCUT2D eigenvalue weighted by Crippen LogP contribution is 2.30. The normalized spacial score (nSPS) is 17.6. The predicted molar refractivity (Wildman–Crippen MR) is 87.1 cm³/mol. The highest BCUT2D eigenvalue weighted by molar-refractivity contribution is 5.85. The molecule has 0 saturated heterocycles. The number of hydrogen-bond donors (Lipinski definition) is 1. The van der Waals surface area contributed by atoms with Gasteiger partial charge >= 0.3 is 0 Å².